The fraction of sp³-hybridized carbons (Fsp3) is 0.500. The van der Waals surface area contributed by atoms with E-state index >= 15 is 0 Å². The van der Waals surface area contributed by atoms with Gasteiger partial charge in [0.15, 0.2) is 0 Å². The quantitative estimate of drug-likeness (QED) is 0.740. The third kappa shape index (κ3) is 3.51. The second-order valence-electron chi connectivity index (χ2n) is 4.57. The summed E-state index contributed by atoms with van der Waals surface area (Å²) >= 11 is 6.72. The van der Waals surface area contributed by atoms with Crippen molar-refractivity contribution in [2.45, 2.75) is 43.7 Å². The Balaban J connectivity index is 2.29. The zero-order valence-corrected chi connectivity index (χ0v) is 14.5. The molecule has 1 aromatic carbocycles. The van der Waals surface area contributed by atoms with Crippen molar-refractivity contribution in [3.8, 4) is 0 Å². The molecule has 0 aliphatic carbocycles. The zero-order valence-electron chi connectivity index (χ0n) is 10.5. The summed E-state index contributed by atoms with van der Waals surface area (Å²) in [5.41, 5.74) is 0.642. The Labute approximate surface area is 130 Å². The first-order valence-corrected chi connectivity index (χ1v) is 9.29. The van der Waals surface area contributed by atoms with E-state index in [1.54, 1.807) is 6.07 Å². The Bertz CT molecular complexity index is 575. The molecule has 7 heteroatoms. The molecule has 19 heavy (non-hydrogen) atoms. The van der Waals surface area contributed by atoms with Gasteiger partial charge in [-0.3, -0.25) is 0 Å². The van der Waals surface area contributed by atoms with Crippen molar-refractivity contribution >= 4 is 47.6 Å². The van der Waals surface area contributed by atoms with Crippen molar-refractivity contribution < 1.29 is 8.42 Å². The fourth-order valence-corrected chi connectivity index (χ4v) is 5.11. The van der Waals surface area contributed by atoms with E-state index in [1.807, 2.05) is 6.07 Å². The van der Waals surface area contributed by atoms with Crippen molar-refractivity contribution in [2.75, 3.05) is 5.32 Å². The van der Waals surface area contributed by atoms with Crippen LogP contribution < -0.4 is 10.0 Å². The van der Waals surface area contributed by atoms with Crippen molar-refractivity contribution in [3.05, 3.63) is 21.1 Å². The predicted octanol–water partition coefficient (Wildman–Crippen LogP) is 3.82. The van der Waals surface area contributed by atoms with Gasteiger partial charge in [-0.2, -0.15) is 4.72 Å². The summed E-state index contributed by atoms with van der Waals surface area (Å²) in [6.45, 7) is 2.13. The van der Waals surface area contributed by atoms with Crippen LogP contribution in [0.5, 0.6) is 0 Å². The number of rotatable bonds is 4. The molecule has 4 nitrogen and oxygen atoms in total. The van der Waals surface area contributed by atoms with Crippen LogP contribution in [0.4, 0.5) is 5.69 Å². The van der Waals surface area contributed by atoms with Gasteiger partial charge in [-0.05, 0) is 34.5 Å². The van der Waals surface area contributed by atoms with E-state index < -0.39 is 10.0 Å². The van der Waals surface area contributed by atoms with Crippen LogP contribution in [0.25, 0.3) is 0 Å². The van der Waals surface area contributed by atoms with Crippen LogP contribution in [0.1, 0.15) is 32.6 Å². The minimum atomic E-state index is -3.45. The smallest absolute Gasteiger partial charge is 0.244 e. The summed E-state index contributed by atoms with van der Waals surface area (Å²) in [6.07, 6.45) is 3.78. The van der Waals surface area contributed by atoms with Crippen LogP contribution in [0.15, 0.2) is 26.0 Å². The summed E-state index contributed by atoms with van der Waals surface area (Å²) in [7, 11) is -3.45. The van der Waals surface area contributed by atoms with Crippen LogP contribution in [0, 0.1) is 0 Å². The van der Waals surface area contributed by atoms with Gasteiger partial charge >= 0.3 is 0 Å². The van der Waals surface area contributed by atoms with Crippen LogP contribution in [0.3, 0.4) is 0 Å². The molecule has 0 saturated carbocycles. The molecule has 1 aliphatic heterocycles. The number of hydrogen-bond acceptors (Lipinski definition) is 3. The highest BCUT2D eigenvalue weighted by Crippen LogP contribution is 2.36. The number of benzene rings is 1. The lowest BCUT2D eigenvalue weighted by Crippen LogP contribution is -2.44. The van der Waals surface area contributed by atoms with Gasteiger partial charge in [0, 0.05) is 8.95 Å². The lowest BCUT2D eigenvalue weighted by atomic mass is 10.1. The van der Waals surface area contributed by atoms with Crippen LogP contribution in [0.2, 0.25) is 0 Å². The molecule has 1 atom stereocenters. The Morgan fingerprint density at radius 1 is 1.26 bits per heavy atom. The Hall–Kier alpha value is -0.110. The van der Waals surface area contributed by atoms with E-state index in [0.717, 1.165) is 34.6 Å². The van der Waals surface area contributed by atoms with Gasteiger partial charge in [-0.15, -0.1) is 0 Å². The van der Waals surface area contributed by atoms with Gasteiger partial charge in [0.2, 0.25) is 10.0 Å². The minimum absolute atomic E-state index is 0.235. The molecule has 1 aromatic rings. The second-order valence-corrected chi connectivity index (χ2v) is 8.03. The maximum absolute atomic E-state index is 12.2. The van der Waals surface area contributed by atoms with Crippen LogP contribution in [-0.4, -0.2) is 14.6 Å². The average Bonchev–Trinajstić information content (AvgIpc) is 2.30. The zero-order chi connectivity index (χ0) is 14.0. The molecule has 0 amide bonds. The Morgan fingerprint density at radius 2 is 2.00 bits per heavy atom. The SMILES string of the molecule is CCCCCC1Nc2c(Br)cc(Br)cc2S(=O)(=O)N1. The molecule has 0 fully saturated rings. The monoisotopic (exact) mass is 410 g/mol. The van der Waals surface area contributed by atoms with Crippen molar-refractivity contribution in [1.82, 2.24) is 4.72 Å². The van der Waals surface area contributed by atoms with Crippen molar-refractivity contribution in [2.24, 2.45) is 0 Å². The molecule has 1 aliphatic rings. The third-order valence-electron chi connectivity index (χ3n) is 3.02. The van der Waals surface area contributed by atoms with Crippen molar-refractivity contribution in [1.29, 1.82) is 0 Å². The van der Waals surface area contributed by atoms with Gasteiger partial charge in [0.25, 0.3) is 0 Å². The summed E-state index contributed by atoms with van der Waals surface area (Å²) in [5, 5.41) is 3.25. The topological polar surface area (TPSA) is 58.2 Å². The number of anilines is 1. The molecule has 1 heterocycles. The van der Waals surface area contributed by atoms with Crippen molar-refractivity contribution in [3.63, 3.8) is 0 Å². The van der Waals surface area contributed by atoms with Gasteiger partial charge in [0.1, 0.15) is 4.90 Å². The molecule has 2 rings (SSSR count). The number of sulfonamides is 1. The molecule has 0 radical (unpaired) electrons. The molecule has 0 aromatic heterocycles. The Morgan fingerprint density at radius 3 is 2.68 bits per heavy atom. The minimum Gasteiger partial charge on any atom is -0.367 e. The summed E-state index contributed by atoms with van der Waals surface area (Å²) < 4.78 is 28.6. The highest BCUT2D eigenvalue weighted by atomic mass is 79.9. The number of fused-ring (bicyclic) bond motifs is 1. The Kier molecular flexibility index (Phi) is 4.92. The highest BCUT2D eigenvalue weighted by Gasteiger charge is 2.30. The first-order valence-electron chi connectivity index (χ1n) is 6.22. The second kappa shape index (κ2) is 6.11. The maximum atomic E-state index is 12.2. The van der Waals surface area contributed by atoms with Gasteiger partial charge in [0.05, 0.1) is 11.9 Å². The van der Waals surface area contributed by atoms with E-state index in [-0.39, 0.29) is 11.1 Å². The van der Waals surface area contributed by atoms with E-state index in [0.29, 0.717) is 5.69 Å². The molecule has 106 valence electrons. The number of hydrogen-bond donors (Lipinski definition) is 2. The summed E-state index contributed by atoms with van der Waals surface area (Å²) in [4.78, 5) is 0.278. The number of unbranched alkanes of at least 4 members (excludes halogenated alkanes) is 2. The predicted molar refractivity (Wildman–Crippen MR) is 83.7 cm³/mol. The molecule has 2 N–H and O–H groups in total. The molecule has 0 bridgehead atoms. The molecule has 1 unspecified atom stereocenters. The lowest BCUT2D eigenvalue weighted by Gasteiger charge is -2.29. The fourth-order valence-electron chi connectivity index (χ4n) is 2.09. The first kappa shape index (κ1) is 15.3. The molecule has 0 saturated heterocycles. The van der Waals surface area contributed by atoms with Crippen LogP contribution >= 0.6 is 31.9 Å². The molecular weight excluding hydrogens is 396 g/mol. The first-order chi connectivity index (χ1) is 8.94. The van der Waals surface area contributed by atoms with Crippen LogP contribution in [-0.2, 0) is 10.0 Å². The lowest BCUT2D eigenvalue weighted by molar-refractivity contribution is 0.524. The number of halogens is 2. The summed E-state index contributed by atoms with van der Waals surface area (Å²) in [6, 6.07) is 3.45. The van der Waals surface area contributed by atoms with E-state index in [4.69, 9.17) is 0 Å². The maximum Gasteiger partial charge on any atom is 0.244 e. The van der Waals surface area contributed by atoms with Gasteiger partial charge < -0.3 is 5.32 Å². The number of nitrogens with one attached hydrogen (secondary N) is 2. The van der Waals surface area contributed by atoms with E-state index in [2.05, 4.69) is 48.8 Å². The molecule has 0 spiro atoms. The van der Waals surface area contributed by atoms with E-state index in [9.17, 15) is 8.42 Å². The third-order valence-corrected chi connectivity index (χ3v) is 5.60. The van der Waals surface area contributed by atoms with E-state index in [1.165, 1.54) is 0 Å². The highest BCUT2D eigenvalue weighted by molar-refractivity contribution is 9.11. The standard InChI is InChI=1S/C12H16Br2N2O2S/c1-2-3-4-5-11-15-12-9(14)6-8(13)7-10(12)19(17,18)16-11/h6-7,11,15-16H,2-5H2,1H3. The average molecular weight is 412 g/mol. The summed E-state index contributed by atoms with van der Waals surface area (Å²) in [5.74, 6) is 0. The normalized spacial score (nSPS) is 20.7. The van der Waals surface area contributed by atoms with Gasteiger partial charge in [-0.1, -0.05) is 42.1 Å². The molecular formula is C12H16Br2N2O2S. The largest absolute Gasteiger partial charge is 0.367 e. The van der Waals surface area contributed by atoms with Gasteiger partial charge in [-0.25, -0.2) is 8.42 Å².